The van der Waals surface area contributed by atoms with Crippen LogP contribution in [0.1, 0.15) is 33.5 Å². The number of nitrogens with one attached hydrogen (secondary N) is 1. The van der Waals surface area contributed by atoms with Gasteiger partial charge in [-0.15, -0.1) is 0 Å². The van der Waals surface area contributed by atoms with Crippen molar-refractivity contribution in [2.75, 3.05) is 7.11 Å². The predicted molar refractivity (Wildman–Crippen MR) is 121 cm³/mol. The molecular formula is C24H23N3O4S. The first-order valence-corrected chi connectivity index (χ1v) is 11.6. The molecule has 0 radical (unpaired) electrons. The Bertz CT molecular complexity index is 1380. The van der Waals surface area contributed by atoms with Crippen LogP contribution in [0.4, 0.5) is 0 Å². The summed E-state index contributed by atoms with van der Waals surface area (Å²) in [6.07, 6.45) is 3.97. The smallest absolute Gasteiger partial charge is 0.206 e. The molecule has 7 nitrogen and oxygen atoms in total. The Morgan fingerprint density at radius 2 is 1.69 bits per heavy atom. The lowest BCUT2D eigenvalue weighted by Gasteiger charge is -2.12. The lowest BCUT2D eigenvalue weighted by Crippen LogP contribution is -2.05. The van der Waals surface area contributed by atoms with Gasteiger partial charge in [-0.1, -0.05) is 12.1 Å². The van der Waals surface area contributed by atoms with E-state index in [1.165, 1.54) is 6.20 Å². The van der Waals surface area contributed by atoms with E-state index >= 15 is 0 Å². The number of Topliss-reactive ketones (excluding diaryl/α,β-unsaturated/α-hetero) is 1. The molecule has 8 heteroatoms. The number of hydrogen-bond donors (Lipinski definition) is 1. The van der Waals surface area contributed by atoms with Crippen LogP contribution in [-0.2, 0) is 16.3 Å². The number of aromatic amines is 1. The van der Waals surface area contributed by atoms with E-state index in [1.807, 2.05) is 13.8 Å². The zero-order chi connectivity index (χ0) is 22.9. The second-order valence-corrected chi connectivity index (χ2v) is 9.64. The van der Waals surface area contributed by atoms with Crippen LogP contribution >= 0.6 is 0 Å². The fourth-order valence-corrected chi connectivity index (χ4v) is 5.18. The van der Waals surface area contributed by atoms with Gasteiger partial charge >= 0.3 is 0 Å². The van der Waals surface area contributed by atoms with Gasteiger partial charge in [0, 0.05) is 23.6 Å². The summed E-state index contributed by atoms with van der Waals surface area (Å²) in [5.41, 5.74) is 3.59. The fraction of sp³-hybridized carbons (Fsp3) is 0.208. The number of sulfone groups is 1. The number of H-pyrrole nitrogens is 1. The summed E-state index contributed by atoms with van der Waals surface area (Å²) in [7, 11) is -2.09. The average Bonchev–Trinajstić information content (AvgIpc) is 3.25. The van der Waals surface area contributed by atoms with Crippen molar-refractivity contribution in [3.05, 3.63) is 77.1 Å². The second kappa shape index (κ2) is 8.55. The number of pyridine rings is 1. The van der Waals surface area contributed by atoms with Crippen LogP contribution in [-0.4, -0.2) is 36.5 Å². The summed E-state index contributed by atoms with van der Waals surface area (Å²) < 4.78 is 31.5. The topological polar surface area (TPSA) is 102 Å². The molecule has 0 aliphatic heterocycles. The van der Waals surface area contributed by atoms with Gasteiger partial charge in [0.05, 0.1) is 23.1 Å². The number of carbonyl (C=O) groups is 1. The minimum absolute atomic E-state index is 0.0264. The number of methoxy groups -OCH3 is 1. The molecule has 0 unspecified atom stereocenters. The van der Waals surface area contributed by atoms with E-state index in [0.29, 0.717) is 29.8 Å². The van der Waals surface area contributed by atoms with E-state index in [4.69, 9.17) is 4.74 Å². The van der Waals surface area contributed by atoms with E-state index in [2.05, 4.69) is 15.2 Å². The van der Waals surface area contributed by atoms with E-state index in [1.54, 1.807) is 55.8 Å². The quantitative estimate of drug-likeness (QED) is 0.424. The minimum atomic E-state index is -3.65. The Kier molecular flexibility index (Phi) is 5.80. The van der Waals surface area contributed by atoms with Crippen LogP contribution < -0.4 is 4.74 Å². The Hall–Kier alpha value is -3.52. The Labute approximate surface area is 186 Å². The normalized spacial score (nSPS) is 11.6. The highest BCUT2D eigenvalue weighted by Gasteiger charge is 2.20. The summed E-state index contributed by atoms with van der Waals surface area (Å²) in [5.74, 6) is 0.660. The van der Waals surface area contributed by atoms with Gasteiger partial charge in [-0.25, -0.2) is 13.4 Å². The molecule has 2 aromatic heterocycles. The lowest BCUT2D eigenvalue weighted by molar-refractivity contribution is 0.0982. The number of nitrogens with zero attached hydrogens (tertiary/aromatic N) is 2. The molecule has 2 heterocycles. The summed E-state index contributed by atoms with van der Waals surface area (Å²) in [6, 6.07) is 11.7. The Balaban J connectivity index is 1.48. The molecule has 0 atom stereocenters. The van der Waals surface area contributed by atoms with E-state index in [0.717, 1.165) is 22.1 Å². The maximum Gasteiger partial charge on any atom is 0.206 e. The Morgan fingerprint density at radius 1 is 1.00 bits per heavy atom. The lowest BCUT2D eigenvalue weighted by atomic mass is 10.0. The molecule has 0 aliphatic rings. The van der Waals surface area contributed by atoms with Crippen molar-refractivity contribution in [3.8, 4) is 5.75 Å². The van der Waals surface area contributed by atoms with E-state index in [-0.39, 0.29) is 15.6 Å². The highest BCUT2D eigenvalue weighted by molar-refractivity contribution is 7.91. The molecule has 4 rings (SSSR count). The molecule has 4 aromatic rings. The van der Waals surface area contributed by atoms with Crippen molar-refractivity contribution in [2.24, 2.45) is 0 Å². The first-order chi connectivity index (χ1) is 15.3. The average molecular weight is 450 g/mol. The zero-order valence-electron chi connectivity index (χ0n) is 18.0. The second-order valence-electron chi connectivity index (χ2n) is 7.69. The summed E-state index contributed by atoms with van der Waals surface area (Å²) >= 11 is 0. The number of aromatic nitrogens is 3. The molecule has 0 spiro atoms. The van der Waals surface area contributed by atoms with Gasteiger partial charge in [0.25, 0.3) is 0 Å². The molecular weight excluding hydrogens is 426 g/mol. The van der Waals surface area contributed by atoms with Gasteiger partial charge in [-0.05, 0) is 67.3 Å². The van der Waals surface area contributed by atoms with Gasteiger partial charge in [0.2, 0.25) is 9.84 Å². The molecule has 1 N–H and O–H groups in total. The minimum Gasteiger partial charge on any atom is -0.496 e. The molecule has 0 aliphatic carbocycles. The molecule has 2 aromatic carbocycles. The number of rotatable bonds is 7. The van der Waals surface area contributed by atoms with Crippen molar-refractivity contribution in [3.63, 3.8) is 0 Å². The van der Waals surface area contributed by atoms with Crippen LogP contribution in [0, 0.1) is 13.8 Å². The highest BCUT2D eigenvalue weighted by atomic mass is 32.2. The van der Waals surface area contributed by atoms with Crippen molar-refractivity contribution >= 4 is 26.7 Å². The van der Waals surface area contributed by atoms with Gasteiger partial charge in [-0.2, -0.15) is 5.10 Å². The fourth-order valence-electron chi connectivity index (χ4n) is 3.75. The SMILES string of the molecule is COc1c(C)cc(S(=O)(=O)c2ccc(CCC(=O)c3cnc4[nH]ncc4c3)cc2)cc1C. The first-order valence-electron chi connectivity index (χ1n) is 10.1. The predicted octanol–water partition coefficient (Wildman–Crippen LogP) is 4.23. The van der Waals surface area contributed by atoms with E-state index in [9.17, 15) is 13.2 Å². The number of benzene rings is 2. The van der Waals surface area contributed by atoms with Crippen LogP contribution in [0.2, 0.25) is 0 Å². The third kappa shape index (κ3) is 4.13. The molecule has 0 bridgehead atoms. The third-order valence-corrected chi connectivity index (χ3v) is 7.18. The number of aryl methyl sites for hydroxylation is 3. The first kappa shape index (κ1) is 21.7. The number of carbonyl (C=O) groups excluding carboxylic acids is 1. The van der Waals surface area contributed by atoms with Crippen molar-refractivity contribution < 1.29 is 17.9 Å². The third-order valence-electron chi connectivity index (χ3n) is 5.44. The molecule has 32 heavy (non-hydrogen) atoms. The molecule has 0 amide bonds. The van der Waals surface area contributed by atoms with Gasteiger partial charge < -0.3 is 4.74 Å². The van der Waals surface area contributed by atoms with Crippen LogP contribution in [0.3, 0.4) is 0 Å². The number of ether oxygens (including phenoxy) is 1. The van der Waals surface area contributed by atoms with Crippen LogP contribution in [0.15, 0.2) is 64.6 Å². The van der Waals surface area contributed by atoms with Crippen molar-refractivity contribution in [2.45, 2.75) is 36.5 Å². The van der Waals surface area contributed by atoms with Crippen molar-refractivity contribution in [1.82, 2.24) is 15.2 Å². The molecule has 0 saturated heterocycles. The summed E-state index contributed by atoms with van der Waals surface area (Å²) in [5, 5.41) is 7.45. The molecule has 0 fully saturated rings. The highest BCUT2D eigenvalue weighted by Crippen LogP contribution is 2.30. The zero-order valence-corrected chi connectivity index (χ0v) is 18.9. The van der Waals surface area contributed by atoms with Crippen LogP contribution in [0.25, 0.3) is 11.0 Å². The number of ketones is 1. The molecule has 0 saturated carbocycles. The van der Waals surface area contributed by atoms with Crippen molar-refractivity contribution in [1.29, 1.82) is 0 Å². The standard InChI is InChI=1S/C24H23N3O4S/c1-15-10-21(11-16(2)23(15)31-3)32(29,30)20-7-4-17(5-8-20)6-9-22(28)18-12-19-14-26-27-24(19)25-13-18/h4-5,7-8,10-14H,6,9H2,1-3H3,(H,25,26,27). The summed E-state index contributed by atoms with van der Waals surface area (Å²) in [4.78, 5) is 17.2. The van der Waals surface area contributed by atoms with E-state index < -0.39 is 9.84 Å². The van der Waals surface area contributed by atoms with Crippen LogP contribution in [0.5, 0.6) is 5.75 Å². The largest absolute Gasteiger partial charge is 0.496 e. The van der Waals surface area contributed by atoms with Gasteiger partial charge in [0.1, 0.15) is 5.75 Å². The van der Waals surface area contributed by atoms with Gasteiger partial charge in [-0.3, -0.25) is 9.89 Å². The number of fused-ring (bicyclic) bond motifs is 1. The summed E-state index contributed by atoms with van der Waals surface area (Å²) in [6.45, 7) is 3.65. The maximum atomic E-state index is 13.1. The monoisotopic (exact) mass is 449 g/mol. The Morgan fingerprint density at radius 3 is 2.34 bits per heavy atom. The molecule has 164 valence electrons. The van der Waals surface area contributed by atoms with Gasteiger partial charge in [0.15, 0.2) is 11.4 Å². The maximum absolute atomic E-state index is 13.1. The number of hydrogen-bond acceptors (Lipinski definition) is 6.